The van der Waals surface area contributed by atoms with Crippen molar-refractivity contribution in [3.63, 3.8) is 0 Å². The predicted octanol–water partition coefficient (Wildman–Crippen LogP) is 3.91. The first-order valence-electron chi connectivity index (χ1n) is 9.54. The molecule has 1 aliphatic rings. The van der Waals surface area contributed by atoms with Crippen molar-refractivity contribution in [2.45, 2.75) is 20.3 Å². The summed E-state index contributed by atoms with van der Waals surface area (Å²) in [6.07, 6.45) is 2.52. The maximum Gasteiger partial charge on any atom is 0.340 e. The minimum absolute atomic E-state index is 0.221. The summed E-state index contributed by atoms with van der Waals surface area (Å²) >= 11 is 0. The molecular weight excluding hydrogens is 382 g/mol. The highest BCUT2D eigenvalue weighted by Gasteiger charge is 2.37. The Hall–Kier alpha value is -3.67. The van der Waals surface area contributed by atoms with Crippen molar-refractivity contribution in [2.75, 3.05) is 19.1 Å². The number of amides is 1. The normalized spacial score (nSPS) is 15.0. The second kappa shape index (κ2) is 8.78. The van der Waals surface area contributed by atoms with Crippen LogP contribution in [0.1, 0.15) is 35.3 Å². The summed E-state index contributed by atoms with van der Waals surface area (Å²) in [5.74, 6) is -1.33. The number of methoxy groups -OCH3 is 2. The quantitative estimate of drug-likeness (QED) is 0.557. The number of esters is 2. The monoisotopic (exact) mass is 405 g/mol. The summed E-state index contributed by atoms with van der Waals surface area (Å²) in [7, 11) is 2.60. The number of anilines is 1. The molecule has 0 saturated carbocycles. The lowest BCUT2D eigenvalue weighted by atomic mass is 10.0. The molecule has 2 aromatic carbocycles. The Balaban J connectivity index is 2.04. The van der Waals surface area contributed by atoms with Crippen molar-refractivity contribution in [1.82, 2.24) is 0 Å². The second-order valence-electron chi connectivity index (χ2n) is 6.78. The van der Waals surface area contributed by atoms with Gasteiger partial charge in [0, 0.05) is 11.4 Å². The summed E-state index contributed by atoms with van der Waals surface area (Å²) < 4.78 is 9.63. The standard InChI is InChI=1S/C24H23NO5/c1-5-16-8-12-19(13-9-16)25-15(2)21(24(28)30-4)20(22(25)26)14-17-6-10-18(11-7-17)23(27)29-3/h6-14H,5H2,1-4H3/b20-14-. The molecule has 1 aliphatic heterocycles. The van der Waals surface area contributed by atoms with Crippen LogP contribution < -0.4 is 4.90 Å². The van der Waals surface area contributed by atoms with Gasteiger partial charge in [-0.1, -0.05) is 31.2 Å². The Bertz CT molecular complexity index is 1050. The zero-order valence-corrected chi connectivity index (χ0v) is 17.4. The molecule has 1 heterocycles. The molecule has 0 radical (unpaired) electrons. The maximum atomic E-state index is 13.3. The van der Waals surface area contributed by atoms with Gasteiger partial charge in [0.25, 0.3) is 5.91 Å². The van der Waals surface area contributed by atoms with Crippen molar-refractivity contribution >= 4 is 29.6 Å². The average Bonchev–Trinajstić information content (AvgIpc) is 3.02. The Morgan fingerprint density at radius 2 is 1.53 bits per heavy atom. The first-order chi connectivity index (χ1) is 14.4. The van der Waals surface area contributed by atoms with E-state index in [4.69, 9.17) is 9.47 Å². The van der Waals surface area contributed by atoms with Crippen LogP contribution in [0.25, 0.3) is 6.08 Å². The Morgan fingerprint density at radius 3 is 2.07 bits per heavy atom. The third-order valence-corrected chi connectivity index (χ3v) is 5.04. The fraction of sp³-hybridized carbons (Fsp3) is 0.208. The van der Waals surface area contributed by atoms with Gasteiger partial charge in [-0.2, -0.15) is 0 Å². The zero-order valence-electron chi connectivity index (χ0n) is 17.4. The third kappa shape index (κ3) is 3.89. The first kappa shape index (κ1) is 21.0. The first-order valence-corrected chi connectivity index (χ1v) is 9.54. The summed E-state index contributed by atoms with van der Waals surface area (Å²) in [6, 6.07) is 14.2. The highest BCUT2D eigenvalue weighted by atomic mass is 16.5. The van der Waals surface area contributed by atoms with Gasteiger partial charge in [0.05, 0.1) is 30.9 Å². The Kier molecular flexibility index (Phi) is 6.16. The van der Waals surface area contributed by atoms with Gasteiger partial charge < -0.3 is 9.47 Å². The topological polar surface area (TPSA) is 72.9 Å². The molecular formula is C24H23NO5. The predicted molar refractivity (Wildman–Crippen MR) is 114 cm³/mol. The number of benzene rings is 2. The third-order valence-electron chi connectivity index (χ3n) is 5.04. The highest BCUT2D eigenvalue weighted by molar-refractivity contribution is 6.23. The van der Waals surface area contributed by atoms with E-state index in [0.717, 1.165) is 12.0 Å². The minimum atomic E-state index is -0.578. The molecule has 0 aromatic heterocycles. The van der Waals surface area contributed by atoms with E-state index in [-0.39, 0.29) is 17.1 Å². The van der Waals surface area contributed by atoms with Gasteiger partial charge in [-0.25, -0.2) is 9.59 Å². The largest absolute Gasteiger partial charge is 0.465 e. The Labute approximate surface area is 175 Å². The van der Waals surface area contributed by atoms with Crippen LogP contribution in [0.3, 0.4) is 0 Å². The average molecular weight is 405 g/mol. The van der Waals surface area contributed by atoms with Crippen LogP contribution in [0.5, 0.6) is 0 Å². The fourth-order valence-electron chi connectivity index (χ4n) is 3.37. The van der Waals surface area contributed by atoms with E-state index >= 15 is 0 Å². The van der Waals surface area contributed by atoms with Crippen LogP contribution in [0.2, 0.25) is 0 Å². The number of hydrogen-bond acceptors (Lipinski definition) is 5. The van der Waals surface area contributed by atoms with Gasteiger partial charge in [-0.3, -0.25) is 9.69 Å². The Morgan fingerprint density at radius 1 is 0.933 bits per heavy atom. The number of hydrogen-bond donors (Lipinski definition) is 0. The van der Waals surface area contributed by atoms with Crippen LogP contribution in [-0.2, 0) is 25.5 Å². The molecule has 0 atom stereocenters. The lowest BCUT2D eigenvalue weighted by Crippen LogP contribution is -2.24. The minimum Gasteiger partial charge on any atom is -0.465 e. The van der Waals surface area contributed by atoms with Crippen molar-refractivity contribution in [3.05, 3.63) is 82.1 Å². The van der Waals surface area contributed by atoms with Gasteiger partial charge in [0.15, 0.2) is 0 Å². The van der Waals surface area contributed by atoms with Gasteiger partial charge in [-0.05, 0) is 54.8 Å². The summed E-state index contributed by atoms with van der Waals surface area (Å²) in [5.41, 5.74) is 3.87. The van der Waals surface area contributed by atoms with Crippen LogP contribution in [0.15, 0.2) is 65.4 Å². The number of carbonyl (C=O) groups is 3. The number of carbonyl (C=O) groups excluding carboxylic acids is 3. The number of ether oxygens (including phenoxy) is 2. The van der Waals surface area contributed by atoms with Crippen LogP contribution >= 0.6 is 0 Å². The number of allylic oxidation sites excluding steroid dienone is 1. The van der Waals surface area contributed by atoms with Gasteiger partial charge in [0.1, 0.15) is 0 Å². The van der Waals surface area contributed by atoms with Crippen LogP contribution in [0.4, 0.5) is 5.69 Å². The van der Waals surface area contributed by atoms with Gasteiger partial charge >= 0.3 is 11.9 Å². The molecule has 2 aromatic rings. The van der Waals surface area contributed by atoms with Crippen LogP contribution in [-0.4, -0.2) is 32.1 Å². The number of nitrogens with zero attached hydrogens (tertiary/aromatic N) is 1. The molecule has 6 nitrogen and oxygen atoms in total. The molecule has 0 fully saturated rings. The lowest BCUT2D eigenvalue weighted by molar-refractivity contribution is -0.136. The summed E-state index contributed by atoms with van der Waals surface area (Å²) in [5, 5.41) is 0. The van der Waals surface area contributed by atoms with Crippen molar-refractivity contribution in [2.24, 2.45) is 0 Å². The maximum absolute atomic E-state index is 13.3. The smallest absolute Gasteiger partial charge is 0.340 e. The van der Waals surface area contributed by atoms with E-state index in [9.17, 15) is 14.4 Å². The summed E-state index contributed by atoms with van der Waals surface area (Å²) in [6.45, 7) is 3.78. The van der Waals surface area contributed by atoms with Crippen molar-refractivity contribution in [1.29, 1.82) is 0 Å². The fourth-order valence-corrected chi connectivity index (χ4v) is 3.37. The van der Waals surface area contributed by atoms with E-state index in [2.05, 4.69) is 6.92 Å². The van der Waals surface area contributed by atoms with E-state index in [1.54, 1.807) is 37.3 Å². The molecule has 30 heavy (non-hydrogen) atoms. The SMILES string of the molecule is CCc1ccc(N2C(=O)/C(=C\c3ccc(C(=O)OC)cc3)C(C(=O)OC)=C2C)cc1. The van der Waals surface area contributed by atoms with Gasteiger partial charge in [0.2, 0.25) is 0 Å². The number of rotatable bonds is 5. The molecule has 0 unspecified atom stereocenters. The lowest BCUT2D eigenvalue weighted by Gasteiger charge is -2.18. The molecule has 3 rings (SSSR count). The highest BCUT2D eigenvalue weighted by Crippen LogP contribution is 2.35. The molecule has 154 valence electrons. The second-order valence-corrected chi connectivity index (χ2v) is 6.78. The van der Waals surface area contributed by atoms with E-state index in [0.29, 0.717) is 22.5 Å². The van der Waals surface area contributed by atoms with E-state index < -0.39 is 11.9 Å². The zero-order chi connectivity index (χ0) is 21.8. The molecule has 1 amide bonds. The molecule has 0 aliphatic carbocycles. The van der Waals surface area contributed by atoms with Crippen molar-refractivity contribution < 1.29 is 23.9 Å². The van der Waals surface area contributed by atoms with Gasteiger partial charge in [-0.15, -0.1) is 0 Å². The molecule has 6 heteroatoms. The van der Waals surface area contributed by atoms with E-state index in [1.807, 2.05) is 24.3 Å². The molecule has 0 saturated heterocycles. The van der Waals surface area contributed by atoms with Crippen molar-refractivity contribution in [3.8, 4) is 0 Å². The van der Waals surface area contributed by atoms with Crippen LogP contribution in [0, 0.1) is 0 Å². The van der Waals surface area contributed by atoms with E-state index in [1.165, 1.54) is 19.1 Å². The summed E-state index contributed by atoms with van der Waals surface area (Å²) in [4.78, 5) is 38.9. The number of aryl methyl sites for hydroxylation is 1. The molecule has 0 bridgehead atoms. The molecule has 0 spiro atoms. The molecule has 0 N–H and O–H groups in total.